The number of aromatic nitrogens is 1. The van der Waals surface area contributed by atoms with Crippen LogP contribution < -0.4 is 0 Å². The molecule has 160 valence electrons. The Labute approximate surface area is 200 Å². The summed E-state index contributed by atoms with van der Waals surface area (Å²) in [5.41, 5.74) is 0. The molecule has 4 nitrogen and oxygen atoms in total. The average Bonchev–Trinajstić information content (AvgIpc) is 3.10. The largest absolute Gasteiger partial charge is 0.501 e. The molecule has 0 radical (unpaired) electrons. The molecule has 0 aliphatic rings. The summed E-state index contributed by atoms with van der Waals surface area (Å²) in [6.45, 7) is 3.57. The van der Waals surface area contributed by atoms with Crippen LogP contribution in [-0.4, -0.2) is 37.5 Å². The van der Waals surface area contributed by atoms with Crippen LogP contribution in [0.2, 0.25) is 0 Å². The summed E-state index contributed by atoms with van der Waals surface area (Å²) in [6.07, 6.45) is 3.77. The second-order valence-electron chi connectivity index (χ2n) is 6.48. The van der Waals surface area contributed by atoms with Crippen molar-refractivity contribution in [1.29, 1.82) is 0 Å². The lowest BCUT2D eigenvalue weighted by Gasteiger charge is -2.30. The normalized spacial score (nSPS) is 16.4. The van der Waals surface area contributed by atoms with Crippen molar-refractivity contribution in [2.75, 3.05) is 14.2 Å². The van der Waals surface area contributed by atoms with Crippen molar-refractivity contribution < 1.29 is 9.53 Å². The predicted octanol–water partition coefficient (Wildman–Crippen LogP) is 6.97. The van der Waals surface area contributed by atoms with Gasteiger partial charge in [-0.1, -0.05) is 83.5 Å². The number of hydrogen-bond acceptors (Lipinski definition) is 4. The van der Waals surface area contributed by atoms with E-state index in [0.717, 1.165) is 5.01 Å². The van der Waals surface area contributed by atoms with Crippen molar-refractivity contribution in [2.45, 2.75) is 40.3 Å². The van der Waals surface area contributed by atoms with Gasteiger partial charge in [-0.2, -0.15) is 0 Å². The van der Waals surface area contributed by atoms with Gasteiger partial charge in [0, 0.05) is 43.0 Å². The Morgan fingerprint density at radius 3 is 2.21 bits per heavy atom. The van der Waals surface area contributed by atoms with Crippen LogP contribution in [0.3, 0.4) is 0 Å². The van der Waals surface area contributed by atoms with Crippen LogP contribution in [0.1, 0.15) is 37.7 Å². The van der Waals surface area contributed by atoms with E-state index in [1.54, 1.807) is 25.1 Å². The van der Waals surface area contributed by atoms with Gasteiger partial charge in [-0.3, -0.25) is 4.79 Å². The third-order valence-corrected chi connectivity index (χ3v) is 7.41. The van der Waals surface area contributed by atoms with E-state index in [1.165, 1.54) is 24.5 Å². The number of rotatable bonds is 8. The topological polar surface area (TPSA) is 42.4 Å². The maximum absolute atomic E-state index is 12.9. The lowest BCUT2D eigenvalue weighted by Crippen LogP contribution is -2.33. The van der Waals surface area contributed by atoms with Gasteiger partial charge in [0.15, 0.2) is 7.59 Å². The van der Waals surface area contributed by atoms with Gasteiger partial charge in [0.2, 0.25) is 5.91 Å². The standard InChI is InChI=1S/C17H22Cl6N2O2S/c1-10(16(18,19)20)7-12(27-4)9-14(26)25(3)13(15-24-5-6-28-15)8-11(2)17(21,22)23/h5-6,9-11,13H,7-8H2,1-4H3/b12-9-. The van der Waals surface area contributed by atoms with Crippen molar-refractivity contribution in [3.8, 4) is 0 Å². The molecule has 11 heteroatoms. The number of carbonyl (C=O) groups is 1. The summed E-state index contributed by atoms with van der Waals surface area (Å²) in [5, 5.41) is 2.58. The molecule has 0 saturated carbocycles. The highest BCUT2D eigenvalue weighted by Gasteiger charge is 2.35. The summed E-state index contributed by atoms with van der Waals surface area (Å²) >= 11 is 37.2. The third kappa shape index (κ3) is 8.25. The van der Waals surface area contributed by atoms with Gasteiger partial charge >= 0.3 is 0 Å². The molecule has 1 amide bonds. The maximum atomic E-state index is 12.9. The van der Waals surface area contributed by atoms with Gasteiger partial charge in [-0.25, -0.2) is 4.98 Å². The van der Waals surface area contributed by atoms with E-state index in [1.807, 2.05) is 12.3 Å². The molecule has 0 spiro atoms. The zero-order valence-electron chi connectivity index (χ0n) is 15.8. The highest BCUT2D eigenvalue weighted by atomic mass is 35.6. The number of alkyl halides is 6. The summed E-state index contributed by atoms with van der Waals surface area (Å²) in [5.74, 6) is -0.536. The Morgan fingerprint density at radius 2 is 1.79 bits per heavy atom. The van der Waals surface area contributed by atoms with E-state index >= 15 is 0 Å². The van der Waals surface area contributed by atoms with Gasteiger partial charge in [-0.05, 0) is 6.42 Å². The van der Waals surface area contributed by atoms with E-state index in [2.05, 4.69) is 4.98 Å². The number of ether oxygens (including phenoxy) is 1. The minimum absolute atomic E-state index is 0.287. The molecule has 0 aliphatic heterocycles. The fourth-order valence-electron chi connectivity index (χ4n) is 2.30. The minimum atomic E-state index is -1.46. The molecule has 3 atom stereocenters. The molecule has 1 aromatic heterocycles. The number of allylic oxidation sites excluding steroid dienone is 1. The molecule has 0 aromatic carbocycles. The highest BCUT2D eigenvalue weighted by molar-refractivity contribution is 7.09. The van der Waals surface area contributed by atoms with Gasteiger partial charge in [0.05, 0.1) is 13.2 Å². The number of nitrogens with zero attached hydrogens (tertiary/aromatic N) is 2. The number of hydrogen-bond donors (Lipinski definition) is 0. The first-order valence-corrected chi connectivity index (χ1v) is 11.5. The van der Waals surface area contributed by atoms with E-state index < -0.39 is 7.59 Å². The molecule has 1 aromatic rings. The van der Waals surface area contributed by atoms with Gasteiger partial charge in [0.25, 0.3) is 0 Å². The Bertz CT molecular complexity index is 658. The van der Waals surface area contributed by atoms with Crippen LogP contribution >= 0.6 is 80.9 Å². The van der Waals surface area contributed by atoms with Crippen molar-refractivity contribution in [2.24, 2.45) is 11.8 Å². The monoisotopic (exact) mass is 528 g/mol. The molecule has 0 N–H and O–H groups in total. The zero-order valence-corrected chi connectivity index (χ0v) is 21.1. The molecular formula is C17H22Cl6N2O2S. The third-order valence-electron chi connectivity index (χ3n) is 4.30. The summed E-state index contributed by atoms with van der Waals surface area (Å²) in [7, 11) is 3.13. The number of amides is 1. The molecule has 0 fully saturated rings. The average molecular weight is 531 g/mol. The fraction of sp³-hybridized carbons (Fsp3) is 0.647. The predicted molar refractivity (Wildman–Crippen MR) is 121 cm³/mol. The van der Waals surface area contributed by atoms with Crippen molar-refractivity contribution >= 4 is 86.8 Å². The van der Waals surface area contributed by atoms with E-state index in [4.69, 9.17) is 74.3 Å². The zero-order chi connectivity index (χ0) is 21.7. The molecule has 0 aliphatic carbocycles. The van der Waals surface area contributed by atoms with Crippen molar-refractivity contribution in [1.82, 2.24) is 9.88 Å². The fourth-order valence-corrected chi connectivity index (χ4v) is 3.60. The van der Waals surface area contributed by atoms with Crippen LogP contribution in [0.4, 0.5) is 0 Å². The van der Waals surface area contributed by atoms with E-state index in [-0.39, 0.29) is 23.8 Å². The van der Waals surface area contributed by atoms with Gasteiger partial charge in [0.1, 0.15) is 10.8 Å². The molecule has 28 heavy (non-hydrogen) atoms. The lowest BCUT2D eigenvalue weighted by atomic mass is 10.0. The van der Waals surface area contributed by atoms with Crippen LogP contribution in [0.25, 0.3) is 0 Å². The van der Waals surface area contributed by atoms with Gasteiger partial charge < -0.3 is 9.64 Å². The molecule has 1 heterocycles. The number of halogens is 6. The molecular weight excluding hydrogens is 509 g/mol. The maximum Gasteiger partial charge on any atom is 0.250 e. The first-order valence-electron chi connectivity index (χ1n) is 8.31. The van der Waals surface area contributed by atoms with E-state index in [9.17, 15) is 4.79 Å². The van der Waals surface area contributed by atoms with Crippen molar-refractivity contribution in [3.05, 3.63) is 28.4 Å². The molecule has 0 bridgehead atoms. The molecule has 0 saturated heterocycles. The number of thiazole rings is 1. The minimum Gasteiger partial charge on any atom is -0.501 e. The Morgan fingerprint density at radius 1 is 1.21 bits per heavy atom. The molecule has 1 rings (SSSR count). The smallest absolute Gasteiger partial charge is 0.250 e. The summed E-state index contributed by atoms with van der Waals surface area (Å²) in [6, 6.07) is -0.363. The second kappa shape index (κ2) is 11.1. The number of carbonyl (C=O) groups excluding carboxylic acids is 1. The number of methoxy groups -OCH3 is 1. The highest BCUT2D eigenvalue weighted by Crippen LogP contribution is 2.41. The van der Waals surface area contributed by atoms with Gasteiger partial charge in [-0.15, -0.1) is 11.3 Å². The Hall–Kier alpha value is 0.380. The van der Waals surface area contributed by atoms with Crippen LogP contribution in [0.5, 0.6) is 0 Å². The summed E-state index contributed by atoms with van der Waals surface area (Å²) in [4.78, 5) is 18.7. The van der Waals surface area contributed by atoms with Crippen LogP contribution in [-0.2, 0) is 9.53 Å². The first kappa shape index (κ1) is 26.4. The Balaban J connectivity index is 3.03. The molecule has 3 unspecified atom stereocenters. The quantitative estimate of drug-likeness (QED) is 0.207. The van der Waals surface area contributed by atoms with Crippen molar-refractivity contribution in [3.63, 3.8) is 0 Å². The Kier molecular flexibility index (Phi) is 10.5. The van der Waals surface area contributed by atoms with E-state index in [0.29, 0.717) is 18.6 Å². The first-order chi connectivity index (χ1) is 12.8. The second-order valence-corrected chi connectivity index (χ2v) is 12.1. The SMILES string of the molecule is CO/C(=C\C(=O)N(C)C(CC(C)C(Cl)(Cl)Cl)c1nccs1)CC(C)C(Cl)(Cl)Cl. The number of likely N-dealkylation sites (N-methyl/N-ethyl adjacent to an activating group) is 1. The summed E-state index contributed by atoms with van der Waals surface area (Å²) < 4.78 is 2.39. The van der Waals surface area contributed by atoms with Crippen LogP contribution in [0, 0.1) is 11.8 Å². The lowest BCUT2D eigenvalue weighted by molar-refractivity contribution is -0.127. The van der Waals surface area contributed by atoms with Crippen LogP contribution in [0.15, 0.2) is 23.4 Å².